The van der Waals surface area contributed by atoms with E-state index in [1.807, 2.05) is 30.3 Å². The molecule has 15 nitrogen and oxygen atoms in total. The standard InChI is InChI=1S/C25H35N6O9PS/c1-24(2,13-32)22(35)42-10-9-38-41(37,28-11-15-7-5-4-6-8-15)39-12-16-18(33)25(3,36)21(40-16)31-14-27-17-19(31)29-23(26)30-20(17)34/h4-8,14,16,18,21,32-33,36H,9-13H2,1-3H3,(H,28,37)(H3,26,29,30,34)/t16?,18-,21?,25-,41?/m1/s1. The highest BCUT2D eigenvalue weighted by atomic mass is 32.2. The Morgan fingerprint density at radius 2 is 2.05 bits per heavy atom. The van der Waals surface area contributed by atoms with E-state index in [4.69, 9.17) is 19.5 Å². The van der Waals surface area contributed by atoms with Crippen molar-refractivity contribution in [3.05, 3.63) is 52.6 Å². The number of fused-ring (bicyclic) bond motifs is 1. The number of anilines is 1. The summed E-state index contributed by atoms with van der Waals surface area (Å²) in [7, 11) is -4.04. The summed E-state index contributed by atoms with van der Waals surface area (Å²) in [5, 5.41) is 34.0. The Hall–Kier alpha value is -2.66. The van der Waals surface area contributed by atoms with Gasteiger partial charge in [0.2, 0.25) is 5.95 Å². The molecule has 0 amide bonds. The van der Waals surface area contributed by atoms with Crippen molar-refractivity contribution in [2.24, 2.45) is 5.41 Å². The number of hydrogen-bond acceptors (Lipinski definition) is 13. The third kappa shape index (κ3) is 7.10. The average molecular weight is 627 g/mol. The van der Waals surface area contributed by atoms with Crippen LogP contribution in [0.25, 0.3) is 11.2 Å². The number of imidazole rings is 1. The number of aliphatic hydroxyl groups is 3. The number of H-pyrrole nitrogens is 1. The fourth-order valence-electron chi connectivity index (χ4n) is 4.13. The molecule has 230 valence electrons. The van der Waals surface area contributed by atoms with Gasteiger partial charge in [0.15, 0.2) is 22.5 Å². The zero-order chi connectivity index (χ0) is 30.7. The van der Waals surface area contributed by atoms with Gasteiger partial charge in [-0.15, -0.1) is 0 Å². The van der Waals surface area contributed by atoms with Gasteiger partial charge in [-0.25, -0.2) is 14.6 Å². The van der Waals surface area contributed by atoms with Crippen molar-refractivity contribution in [1.82, 2.24) is 24.6 Å². The van der Waals surface area contributed by atoms with Gasteiger partial charge in [0, 0.05) is 12.3 Å². The van der Waals surface area contributed by atoms with Crippen LogP contribution in [0.4, 0.5) is 5.95 Å². The van der Waals surface area contributed by atoms with E-state index in [0.717, 1.165) is 17.3 Å². The quantitative estimate of drug-likeness (QED) is 0.115. The van der Waals surface area contributed by atoms with E-state index >= 15 is 0 Å². The Bertz CT molecular complexity index is 1500. The SMILES string of the molecule is CC(C)(CO)C(=O)SCCOP(=O)(NCc1ccccc1)OCC1OC(n2cnc3c(=O)[nH]c(N)nc32)[C@](C)(O)[C@@H]1O. The Balaban J connectivity index is 1.46. The van der Waals surface area contributed by atoms with Gasteiger partial charge in [0.1, 0.15) is 17.8 Å². The van der Waals surface area contributed by atoms with Gasteiger partial charge in [-0.3, -0.25) is 28.2 Å². The molecule has 0 bridgehead atoms. The van der Waals surface area contributed by atoms with Crippen LogP contribution in [0.1, 0.15) is 32.6 Å². The number of aliphatic hydroxyl groups excluding tert-OH is 2. The first kappa shape index (κ1) is 32.3. The van der Waals surface area contributed by atoms with E-state index in [9.17, 15) is 29.5 Å². The molecule has 1 aromatic carbocycles. The maximum atomic E-state index is 13.7. The van der Waals surface area contributed by atoms with Crippen LogP contribution in [0, 0.1) is 5.41 Å². The zero-order valence-electron chi connectivity index (χ0n) is 23.3. The van der Waals surface area contributed by atoms with Gasteiger partial charge in [0.25, 0.3) is 5.56 Å². The van der Waals surface area contributed by atoms with E-state index in [1.165, 1.54) is 17.8 Å². The number of thioether (sulfide) groups is 1. The van der Waals surface area contributed by atoms with Crippen molar-refractivity contribution in [1.29, 1.82) is 0 Å². The molecule has 3 unspecified atom stereocenters. The normalized spacial score (nSPS) is 24.2. The molecule has 1 aliphatic heterocycles. The third-order valence-corrected chi connectivity index (χ3v) is 9.45. The molecule has 17 heteroatoms. The number of nitrogens with one attached hydrogen (secondary N) is 2. The summed E-state index contributed by atoms with van der Waals surface area (Å²) in [5.41, 5.74) is 3.04. The summed E-state index contributed by atoms with van der Waals surface area (Å²) >= 11 is 0.934. The minimum absolute atomic E-state index is 0.0326. The molecule has 7 N–H and O–H groups in total. The maximum absolute atomic E-state index is 13.7. The van der Waals surface area contributed by atoms with Crippen LogP contribution in [0.15, 0.2) is 41.5 Å². The first-order valence-corrected chi connectivity index (χ1v) is 15.5. The van der Waals surface area contributed by atoms with Crippen LogP contribution in [0.3, 0.4) is 0 Å². The van der Waals surface area contributed by atoms with Crippen LogP contribution in [-0.4, -0.2) is 83.3 Å². The van der Waals surface area contributed by atoms with Crippen molar-refractivity contribution >= 4 is 41.7 Å². The molecule has 0 radical (unpaired) electrons. The summed E-state index contributed by atoms with van der Waals surface area (Å²) in [6.07, 6.45) is -2.72. The van der Waals surface area contributed by atoms with Gasteiger partial charge < -0.3 is 25.8 Å². The Morgan fingerprint density at radius 3 is 2.74 bits per heavy atom. The van der Waals surface area contributed by atoms with Crippen molar-refractivity contribution < 1.29 is 38.5 Å². The zero-order valence-corrected chi connectivity index (χ0v) is 25.0. The van der Waals surface area contributed by atoms with E-state index in [0.29, 0.717) is 0 Å². The Labute approximate surface area is 245 Å². The number of hydrogen-bond donors (Lipinski definition) is 6. The summed E-state index contributed by atoms with van der Waals surface area (Å²) in [5.74, 6) is -0.0278. The minimum atomic E-state index is -4.04. The second-order valence-corrected chi connectivity index (χ2v) is 13.5. The maximum Gasteiger partial charge on any atom is 0.405 e. The van der Waals surface area contributed by atoms with Gasteiger partial charge >= 0.3 is 7.75 Å². The number of rotatable bonds is 13. The molecular weight excluding hydrogens is 591 g/mol. The minimum Gasteiger partial charge on any atom is -0.395 e. The molecule has 3 heterocycles. The smallest absolute Gasteiger partial charge is 0.395 e. The number of nitrogens with two attached hydrogens (primary N) is 1. The number of aromatic nitrogens is 4. The molecule has 1 aliphatic rings. The number of ether oxygens (including phenoxy) is 1. The second kappa shape index (κ2) is 12.9. The van der Waals surface area contributed by atoms with E-state index in [-0.39, 0.29) is 47.7 Å². The first-order chi connectivity index (χ1) is 19.8. The number of benzene rings is 1. The molecule has 0 aliphatic carbocycles. The monoisotopic (exact) mass is 626 g/mol. The second-order valence-electron chi connectivity index (χ2n) is 10.6. The number of nitrogen functional groups attached to an aromatic ring is 1. The lowest BCUT2D eigenvalue weighted by Gasteiger charge is -2.27. The largest absolute Gasteiger partial charge is 0.405 e. The molecule has 3 aromatic rings. The summed E-state index contributed by atoms with van der Waals surface area (Å²) < 4.78 is 32.1. The summed E-state index contributed by atoms with van der Waals surface area (Å²) in [6.45, 7) is 3.78. The predicted molar refractivity (Wildman–Crippen MR) is 154 cm³/mol. The number of carbonyl (C=O) groups excluding carboxylic acids is 1. The Morgan fingerprint density at radius 1 is 1.33 bits per heavy atom. The average Bonchev–Trinajstić information content (AvgIpc) is 3.47. The molecule has 5 atom stereocenters. The van der Waals surface area contributed by atoms with Crippen LogP contribution >= 0.6 is 19.5 Å². The molecular formula is C25H35N6O9PS. The third-order valence-electron chi connectivity index (χ3n) is 6.71. The lowest BCUT2D eigenvalue weighted by Crippen LogP contribution is -2.44. The van der Waals surface area contributed by atoms with Crippen molar-refractivity contribution in [2.45, 2.75) is 51.4 Å². The molecule has 1 saturated heterocycles. The molecule has 2 aromatic heterocycles. The van der Waals surface area contributed by atoms with E-state index < -0.39 is 49.4 Å². The van der Waals surface area contributed by atoms with Crippen LogP contribution in [-0.2, 0) is 29.7 Å². The van der Waals surface area contributed by atoms with E-state index in [2.05, 4.69) is 20.0 Å². The highest BCUT2D eigenvalue weighted by Gasteiger charge is 2.54. The van der Waals surface area contributed by atoms with Gasteiger partial charge in [-0.2, -0.15) is 4.98 Å². The van der Waals surface area contributed by atoms with Crippen molar-refractivity contribution in [3.8, 4) is 0 Å². The van der Waals surface area contributed by atoms with Gasteiger partial charge in [0.05, 0.1) is 31.6 Å². The van der Waals surface area contributed by atoms with Gasteiger partial charge in [-0.05, 0) is 26.3 Å². The highest BCUT2D eigenvalue weighted by Crippen LogP contribution is 2.46. The van der Waals surface area contributed by atoms with Gasteiger partial charge in [-0.1, -0.05) is 42.1 Å². The fraction of sp³-hybridized carbons (Fsp3) is 0.520. The first-order valence-electron chi connectivity index (χ1n) is 13.0. The topological polar surface area (TPSA) is 224 Å². The lowest BCUT2D eigenvalue weighted by molar-refractivity contribution is -0.119. The van der Waals surface area contributed by atoms with Crippen LogP contribution in [0.2, 0.25) is 0 Å². The van der Waals surface area contributed by atoms with Crippen molar-refractivity contribution in [3.63, 3.8) is 0 Å². The molecule has 42 heavy (non-hydrogen) atoms. The number of aromatic amines is 1. The number of carbonyl (C=O) groups is 1. The molecule has 0 spiro atoms. The summed E-state index contributed by atoms with van der Waals surface area (Å²) in [4.78, 5) is 34.9. The number of nitrogens with zero attached hydrogens (tertiary/aromatic N) is 3. The molecule has 1 fully saturated rings. The molecule has 0 saturated carbocycles. The van der Waals surface area contributed by atoms with E-state index in [1.54, 1.807) is 13.8 Å². The highest BCUT2D eigenvalue weighted by molar-refractivity contribution is 8.13. The predicted octanol–water partition coefficient (Wildman–Crippen LogP) is 0.921. The lowest BCUT2D eigenvalue weighted by atomic mass is 9.96. The fourth-order valence-corrected chi connectivity index (χ4v) is 6.37. The Kier molecular flexibility index (Phi) is 9.92. The van der Waals surface area contributed by atoms with Crippen LogP contribution in [0.5, 0.6) is 0 Å². The van der Waals surface area contributed by atoms with Crippen LogP contribution < -0.4 is 16.4 Å². The molecule has 4 rings (SSSR count). The summed E-state index contributed by atoms with van der Waals surface area (Å²) in [6, 6.07) is 9.10. The van der Waals surface area contributed by atoms with Crippen molar-refractivity contribution in [2.75, 3.05) is 31.3 Å².